The number of carbonyl (C=O) groups excluding carboxylic acids is 1. The summed E-state index contributed by atoms with van der Waals surface area (Å²) in [4.78, 5) is 12.3. The van der Waals surface area contributed by atoms with Crippen LogP contribution in [0.25, 0.3) is 5.69 Å². The van der Waals surface area contributed by atoms with E-state index in [9.17, 15) is 4.79 Å². The Morgan fingerprint density at radius 3 is 2.63 bits per heavy atom. The molecule has 140 valence electrons. The zero-order valence-electron chi connectivity index (χ0n) is 15.3. The van der Waals surface area contributed by atoms with Crippen molar-refractivity contribution < 1.29 is 4.79 Å². The lowest BCUT2D eigenvalue weighted by atomic mass is 10.0. The monoisotopic (exact) mass is 401 g/mol. The summed E-state index contributed by atoms with van der Waals surface area (Å²) in [6.07, 6.45) is 0. The zero-order valence-corrected chi connectivity index (χ0v) is 16.9. The van der Waals surface area contributed by atoms with Gasteiger partial charge in [0.05, 0.1) is 17.5 Å². The summed E-state index contributed by atoms with van der Waals surface area (Å²) >= 11 is 7.20. The minimum absolute atomic E-state index is 0.0651. The second-order valence-electron chi connectivity index (χ2n) is 6.27. The molecule has 0 aliphatic rings. The van der Waals surface area contributed by atoms with Crippen molar-refractivity contribution in [3.63, 3.8) is 0 Å². The molecular weight excluding hydrogens is 382 g/mol. The summed E-state index contributed by atoms with van der Waals surface area (Å²) in [5.41, 5.74) is 4.32. The molecule has 0 radical (unpaired) electrons. The van der Waals surface area contributed by atoms with E-state index in [0.29, 0.717) is 10.2 Å². The van der Waals surface area contributed by atoms with Crippen LogP contribution in [-0.4, -0.2) is 31.9 Å². The van der Waals surface area contributed by atoms with Gasteiger partial charge in [0.2, 0.25) is 11.1 Å². The number of halogens is 1. The fraction of sp³-hybridized carbons (Fsp3) is 0.263. The number of tetrazole rings is 1. The molecule has 1 heterocycles. The van der Waals surface area contributed by atoms with Crippen molar-refractivity contribution in [3.05, 3.63) is 64.2 Å². The first kappa shape index (κ1) is 19.4. The molecule has 0 bridgehead atoms. The third kappa shape index (κ3) is 4.87. The number of thioether (sulfide) groups is 1. The van der Waals surface area contributed by atoms with Gasteiger partial charge < -0.3 is 5.32 Å². The Bertz CT molecular complexity index is 942. The number of amides is 1. The van der Waals surface area contributed by atoms with Gasteiger partial charge in [0.15, 0.2) is 0 Å². The highest BCUT2D eigenvalue weighted by molar-refractivity contribution is 7.99. The highest BCUT2D eigenvalue weighted by atomic mass is 35.5. The first-order valence-corrected chi connectivity index (χ1v) is 9.84. The molecule has 0 unspecified atom stereocenters. The molecule has 0 saturated carbocycles. The largest absolute Gasteiger partial charge is 0.349 e. The van der Waals surface area contributed by atoms with Gasteiger partial charge in [-0.25, -0.2) is 0 Å². The van der Waals surface area contributed by atoms with Crippen LogP contribution < -0.4 is 5.32 Å². The molecule has 3 rings (SSSR count). The van der Waals surface area contributed by atoms with Crippen molar-refractivity contribution in [1.29, 1.82) is 0 Å². The van der Waals surface area contributed by atoms with Crippen LogP contribution in [0.5, 0.6) is 0 Å². The lowest BCUT2D eigenvalue weighted by Gasteiger charge is -2.15. The number of carbonyl (C=O) groups is 1. The molecule has 1 amide bonds. The van der Waals surface area contributed by atoms with Crippen molar-refractivity contribution in [2.24, 2.45) is 0 Å². The Labute approximate surface area is 167 Å². The number of hydrogen-bond acceptors (Lipinski definition) is 5. The molecule has 0 fully saturated rings. The second-order valence-corrected chi connectivity index (χ2v) is 7.65. The van der Waals surface area contributed by atoms with E-state index >= 15 is 0 Å². The van der Waals surface area contributed by atoms with E-state index in [4.69, 9.17) is 11.6 Å². The molecule has 0 aliphatic carbocycles. The molecule has 1 aromatic heterocycles. The zero-order chi connectivity index (χ0) is 19.4. The van der Waals surface area contributed by atoms with E-state index in [1.54, 1.807) is 16.8 Å². The maximum absolute atomic E-state index is 12.3. The molecule has 0 saturated heterocycles. The van der Waals surface area contributed by atoms with Crippen LogP contribution >= 0.6 is 23.4 Å². The first-order chi connectivity index (χ1) is 12.9. The molecular formula is C19H20ClN5OS. The molecule has 1 atom stereocenters. The van der Waals surface area contributed by atoms with Crippen LogP contribution in [0.1, 0.15) is 29.7 Å². The molecule has 2 aromatic carbocycles. The van der Waals surface area contributed by atoms with Crippen molar-refractivity contribution in [2.75, 3.05) is 5.75 Å². The number of benzene rings is 2. The van der Waals surface area contributed by atoms with Gasteiger partial charge >= 0.3 is 0 Å². The summed E-state index contributed by atoms with van der Waals surface area (Å²) in [6.45, 7) is 6.12. The van der Waals surface area contributed by atoms with Gasteiger partial charge in [-0.3, -0.25) is 4.79 Å². The number of hydrogen-bond donors (Lipinski definition) is 1. The smallest absolute Gasteiger partial charge is 0.230 e. The number of nitrogens with one attached hydrogen (secondary N) is 1. The normalized spacial score (nSPS) is 12.0. The van der Waals surface area contributed by atoms with Crippen molar-refractivity contribution in [2.45, 2.75) is 32.0 Å². The van der Waals surface area contributed by atoms with Crippen LogP contribution in [0.2, 0.25) is 5.02 Å². The summed E-state index contributed by atoms with van der Waals surface area (Å²) in [6, 6.07) is 13.3. The summed E-state index contributed by atoms with van der Waals surface area (Å²) in [7, 11) is 0. The topological polar surface area (TPSA) is 72.7 Å². The molecule has 0 spiro atoms. The lowest BCUT2D eigenvalue weighted by Crippen LogP contribution is -2.28. The van der Waals surface area contributed by atoms with Crippen LogP contribution in [0.3, 0.4) is 0 Å². The predicted octanol–water partition coefficient (Wildman–Crippen LogP) is 3.90. The fourth-order valence-electron chi connectivity index (χ4n) is 2.54. The number of aryl methyl sites for hydroxylation is 2. The molecule has 3 aromatic rings. The van der Waals surface area contributed by atoms with Crippen molar-refractivity contribution in [1.82, 2.24) is 25.5 Å². The minimum Gasteiger partial charge on any atom is -0.349 e. The van der Waals surface area contributed by atoms with Gasteiger partial charge in [-0.05, 0) is 72.2 Å². The maximum Gasteiger partial charge on any atom is 0.230 e. The van der Waals surface area contributed by atoms with E-state index in [1.165, 1.54) is 22.9 Å². The Kier molecular flexibility index (Phi) is 6.13. The van der Waals surface area contributed by atoms with Gasteiger partial charge in [0, 0.05) is 5.02 Å². The highest BCUT2D eigenvalue weighted by Gasteiger charge is 2.14. The number of aromatic nitrogens is 4. The van der Waals surface area contributed by atoms with Gasteiger partial charge in [-0.2, -0.15) is 4.68 Å². The highest BCUT2D eigenvalue weighted by Crippen LogP contribution is 2.21. The standard InChI is InChI=1S/C19H20ClN5OS/c1-12-4-5-15(10-13(12)2)14(3)21-18(26)11-27-19-22-23-24-25(19)17-8-6-16(20)7-9-17/h4-10,14H,11H2,1-3H3,(H,21,26)/t14-/m0/s1. The molecule has 27 heavy (non-hydrogen) atoms. The van der Waals surface area contributed by atoms with Gasteiger partial charge in [0.25, 0.3) is 0 Å². The van der Waals surface area contributed by atoms with Crippen LogP contribution in [-0.2, 0) is 4.79 Å². The fourth-order valence-corrected chi connectivity index (χ4v) is 3.37. The third-order valence-electron chi connectivity index (χ3n) is 4.25. The van der Waals surface area contributed by atoms with Gasteiger partial charge in [-0.1, -0.05) is 41.6 Å². The maximum atomic E-state index is 12.3. The second kappa shape index (κ2) is 8.54. The van der Waals surface area contributed by atoms with Crippen LogP contribution in [0.15, 0.2) is 47.6 Å². The van der Waals surface area contributed by atoms with E-state index < -0.39 is 0 Å². The van der Waals surface area contributed by atoms with E-state index in [2.05, 4.69) is 46.8 Å². The summed E-state index contributed by atoms with van der Waals surface area (Å²) < 4.78 is 1.58. The number of rotatable bonds is 6. The average molecular weight is 402 g/mol. The molecule has 6 nitrogen and oxygen atoms in total. The Morgan fingerprint density at radius 2 is 1.93 bits per heavy atom. The van der Waals surface area contributed by atoms with E-state index in [0.717, 1.165) is 11.3 Å². The third-order valence-corrected chi connectivity index (χ3v) is 5.42. The molecule has 8 heteroatoms. The Hall–Kier alpha value is -2.38. The van der Waals surface area contributed by atoms with Crippen LogP contribution in [0, 0.1) is 13.8 Å². The SMILES string of the molecule is Cc1ccc([C@H](C)NC(=O)CSc2nnnn2-c2ccc(Cl)cc2)cc1C. The predicted molar refractivity (Wildman–Crippen MR) is 107 cm³/mol. The van der Waals surface area contributed by atoms with Crippen molar-refractivity contribution >= 4 is 29.3 Å². The molecule has 0 aliphatic heterocycles. The number of nitrogens with zero attached hydrogens (tertiary/aromatic N) is 4. The average Bonchev–Trinajstić information content (AvgIpc) is 3.11. The van der Waals surface area contributed by atoms with E-state index in [-0.39, 0.29) is 17.7 Å². The van der Waals surface area contributed by atoms with Crippen LogP contribution in [0.4, 0.5) is 0 Å². The van der Waals surface area contributed by atoms with Gasteiger partial charge in [-0.15, -0.1) is 5.10 Å². The Balaban J connectivity index is 1.60. The minimum atomic E-state index is -0.0728. The van der Waals surface area contributed by atoms with Crippen molar-refractivity contribution in [3.8, 4) is 5.69 Å². The lowest BCUT2D eigenvalue weighted by molar-refractivity contribution is -0.119. The van der Waals surface area contributed by atoms with Gasteiger partial charge in [0.1, 0.15) is 0 Å². The summed E-state index contributed by atoms with van der Waals surface area (Å²) in [5.74, 6) is 0.153. The molecule has 1 N–H and O–H groups in total. The summed E-state index contributed by atoms with van der Waals surface area (Å²) in [5, 5.41) is 15.9. The van der Waals surface area contributed by atoms with E-state index in [1.807, 2.05) is 25.1 Å². The Morgan fingerprint density at radius 1 is 1.19 bits per heavy atom. The quantitative estimate of drug-likeness (QED) is 0.634. The first-order valence-electron chi connectivity index (χ1n) is 8.47.